The molecule has 0 spiro atoms. The molecule has 0 aliphatic carbocycles. The first-order chi connectivity index (χ1) is 14.1. The lowest BCUT2D eigenvalue weighted by molar-refractivity contribution is 0.101. The summed E-state index contributed by atoms with van der Waals surface area (Å²) in [7, 11) is 1.65. The Morgan fingerprint density at radius 3 is 2.37 bits per heavy atom. The van der Waals surface area contributed by atoms with Gasteiger partial charge in [0.25, 0.3) is 0 Å². The smallest absolute Gasteiger partial charge is 0.174 e. The molecular weight excluding hydrogens is 414 g/mol. The summed E-state index contributed by atoms with van der Waals surface area (Å²) in [6.45, 7) is 9.79. The average Bonchev–Trinajstić information content (AvgIpc) is 2.64. The highest BCUT2D eigenvalue weighted by molar-refractivity contribution is 7.80. The van der Waals surface area contributed by atoms with Gasteiger partial charge >= 0.3 is 0 Å². The molecule has 3 rings (SSSR count). The van der Waals surface area contributed by atoms with E-state index in [0.29, 0.717) is 21.9 Å². The van der Waals surface area contributed by atoms with Crippen molar-refractivity contribution in [2.45, 2.75) is 64.2 Å². The highest BCUT2D eigenvalue weighted by Gasteiger charge is 2.40. The van der Waals surface area contributed by atoms with Gasteiger partial charge in [-0.25, -0.2) is 0 Å². The minimum atomic E-state index is 0.0186. The van der Waals surface area contributed by atoms with Crippen molar-refractivity contribution >= 4 is 34.6 Å². The molecule has 162 valence electrons. The van der Waals surface area contributed by atoms with E-state index in [0.717, 1.165) is 25.1 Å². The van der Waals surface area contributed by atoms with Crippen LogP contribution < -0.4 is 15.4 Å². The molecule has 1 fully saturated rings. The summed E-state index contributed by atoms with van der Waals surface area (Å²) in [6.07, 6.45) is 2.00. The van der Waals surface area contributed by atoms with Crippen molar-refractivity contribution in [3.63, 3.8) is 0 Å². The number of halogens is 1. The molecule has 0 atom stereocenters. The molecule has 0 radical (unpaired) electrons. The fourth-order valence-electron chi connectivity index (χ4n) is 4.60. The topological polar surface area (TPSA) is 36.5 Å². The van der Waals surface area contributed by atoms with Gasteiger partial charge in [0, 0.05) is 28.7 Å². The van der Waals surface area contributed by atoms with E-state index in [1.54, 1.807) is 7.11 Å². The van der Waals surface area contributed by atoms with Crippen molar-refractivity contribution in [2.75, 3.05) is 12.4 Å². The molecule has 6 heteroatoms. The highest BCUT2D eigenvalue weighted by atomic mass is 35.5. The van der Waals surface area contributed by atoms with Crippen molar-refractivity contribution in [1.82, 2.24) is 10.2 Å². The van der Waals surface area contributed by atoms with Crippen molar-refractivity contribution in [3.05, 3.63) is 59.1 Å². The van der Waals surface area contributed by atoms with E-state index >= 15 is 0 Å². The fraction of sp³-hybridized carbons (Fsp3) is 0.458. The fourth-order valence-corrected chi connectivity index (χ4v) is 5.10. The zero-order chi connectivity index (χ0) is 21.9. The molecule has 1 aliphatic rings. The Labute approximate surface area is 190 Å². The molecule has 1 heterocycles. The van der Waals surface area contributed by atoms with E-state index in [1.807, 2.05) is 24.3 Å². The number of methoxy groups -OCH3 is 1. The normalized spacial score (nSPS) is 17.9. The van der Waals surface area contributed by atoms with Gasteiger partial charge in [0.15, 0.2) is 5.11 Å². The number of piperidine rings is 1. The zero-order valence-electron chi connectivity index (χ0n) is 18.5. The lowest BCUT2D eigenvalue weighted by Gasteiger charge is -2.50. The zero-order valence-corrected chi connectivity index (χ0v) is 20.0. The van der Waals surface area contributed by atoms with Crippen molar-refractivity contribution in [2.24, 2.45) is 0 Å². The largest absolute Gasteiger partial charge is 0.495 e. The summed E-state index contributed by atoms with van der Waals surface area (Å²) in [4.78, 5) is 2.31. The Morgan fingerprint density at radius 1 is 1.13 bits per heavy atom. The third-order valence-corrected chi connectivity index (χ3v) is 6.04. The summed E-state index contributed by atoms with van der Waals surface area (Å²) in [6, 6.07) is 16.3. The molecule has 30 heavy (non-hydrogen) atoms. The van der Waals surface area contributed by atoms with Crippen LogP contribution in [-0.2, 0) is 6.54 Å². The monoisotopic (exact) mass is 445 g/mol. The first-order valence-electron chi connectivity index (χ1n) is 10.3. The minimum absolute atomic E-state index is 0.0186. The number of thiocarbonyl (C=S) groups is 1. The number of nitrogens with one attached hydrogen (secondary N) is 2. The Bertz CT molecular complexity index is 869. The number of hydrogen-bond donors (Lipinski definition) is 2. The van der Waals surface area contributed by atoms with Crippen LogP contribution in [0.3, 0.4) is 0 Å². The predicted octanol–water partition coefficient (Wildman–Crippen LogP) is 5.86. The number of benzene rings is 2. The second kappa shape index (κ2) is 9.13. The van der Waals surface area contributed by atoms with Gasteiger partial charge in [0.2, 0.25) is 0 Å². The standard InChI is InChI=1S/C24H32ClN3OS/c1-23(2)14-19(15-24(3,4)27-23)28(16-17-9-7-6-8-10-17)22(30)26-20-13-18(25)11-12-21(20)29-5/h6-13,19,27H,14-16H2,1-5H3,(H,26,30). The number of anilines is 1. The average molecular weight is 446 g/mol. The Kier molecular flexibility index (Phi) is 6.95. The Morgan fingerprint density at radius 2 is 1.77 bits per heavy atom. The van der Waals surface area contributed by atoms with Crippen LogP contribution in [0.1, 0.15) is 46.1 Å². The van der Waals surface area contributed by atoms with Gasteiger partial charge in [-0.1, -0.05) is 41.9 Å². The predicted molar refractivity (Wildman–Crippen MR) is 131 cm³/mol. The Balaban J connectivity index is 1.91. The van der Waals surface area contributed by atoms with Gasteiger partial charge in [0.05, 0.1) is 12.8 Å². The molecule has 2 aromatic carbocycles. The summed E-state index contributed by atoms with van der Waals surface area (Å²) in [5, 5.41) is 8.49. The molecule has 4 nitrogen and oxygen atoms in total. The molecule has 0 bridgehead atoms. The minimum Gasteiger partial charge on any atom is -0.495 e. The third-order valence-electron chi connectivity index (χ3n) is 5.47. The molecule has 1 saturated heterocycles. The number of hydrogen-bond acceptors (Lipinski definition) is 3. The first kappa shape index (κ1) is 22.9. The summed E-state index contributed by atoms with van der Waals surface area (Å²) < 4.78 is 5.50. The summed E-state index contributed by atoms with van der Waals surface area (Å²) >= 11 is 12.2. The van der Waals surface area contributed by atoms with E-state index in [-0.39, 0.29) is 11.1 Å². The van der Waals surface area contributed by atoms with E-state index in [4.69, 9.17) is 28.6 Å². The number of ether oxygens (including phenoxy) is 1. The van der Waals surface area contributed by atoms with Crippen LogP contribution in [-0.4, -0.2) is 34.2 Å². The lowest BCUT2D eigenvalue weighted by Crippen LogP contribution is -2.63. The molecule has 0 saturated carbocycles. The number of nitrogens with zero attached hydrogens (tertiary/aromatic N) is 1. The molecule has 0 aromatic heterocycles. The maximum absolute atomic E-state index is 6.23. The van der Waals surface area contributed by atoms with E-state index in [9.17, 15) is 0 Å². The third kappa shape index (κ3) is 5.87. The summed E-state index contributed by atoms with van der Waals surface area (Å²) in [5.41, 5.74) is 2.05. The van der Waals surface area contributed by atoms with Gasteiger partial charge in [-0.3, -0.25) is 0 Å². The van der Waals surface area contributed by atoms with Crippen molar-refractivity contribution in [1.29, 1.82) is 0 Å². The second-order valence-corrected chi connectivity index (χ2v) is 10.2. The van der Waals surface area contributed by atoms with Crippen LogP contribution in [0.25, 0.3) is 0 Å². The van der Waals surface area contributed by atoms with Gasteiger partial charge in [0.1, 0.15) is 5.75 Å². The molecule has 0 unspecified atom stereocenters. The van der Waals surface area contributed by atoms with Gasteiger partial charge < -0.3 is 20.3 Å². The van der Waals surface area contributed by atoms with Gasteiger partial charge in [-0.05, 0) is 76.5 Å². The molecular formula is C24H32ClN3OS. The van der Waals surface area contributed by atoms with Crippen LogP contribution in [0.15, 0.2) is 48.5 Å². The molecule has 0 amide bonds. The quantitative estimate of drug-likeness (QED) is 0.564. The van der Waals surface area contributed by atoms with Crippen LogP contribution in [0.4, 0.5) is 5.69 Å². The molecule has 2 N–H and O–H groups in total. The van der Waals surface area contributed by atoms with Gasteiger partial charge in [-0.15, -0.1) is 0 Å². The van der Waals surface area contributed by atoms with Crippen LogP contribution in [0.2, 0.25) is 5.02 Å². The second-order valence-electron chi connectivity index (χ2n) is 9.34. The number of rotatable bonds is 5. The van der Waals surface area contributed by atoms with Crippen molar-refractivity contribution < 1.29 is 4.74 Å². The summed E-state index contributed by atoms with van der Waals surface area (Å²) in [5.74, 6) is 0.715. The maximum Gasteiger partial charge on any atom is 0.174 e. The van der Waals surface area contributed by atoms with Crippen LogP contribution in [0, 0.1) is 0 Å². The van der Waals surface area contributed by atoms with Crippen LogP contribution >= 0.6 is 23.8 Å². The lowest BCUT2D eigenvalue weighted by atomic mass is 9.79. The molecule has 2 aromatic rings. The van der Waals surface area contributed by atoms with E-state index < -0.39 is 0 Å². The molecule has 1 aliphatic heterocycles. The maximum atomic E-state index is 6.23. The van der Waals surface area contributed by atoms with E-state index in [1.165, 1.54) is 5.56 Å². The van der Waals surface area contributed by atoms with Crippen LogP contribution in [0.5, 0.6) is 5.75 Å². The first-order valence-corrected chi connectivity index (χ1v) is 11.1. The van der Waals surface area contributed by atoms with Gasteiger partial charge in [-0.2, -0.15) is 0 Å². The van der Waals surface area contributed by atoms with Crippen molar-refractivity contribution in [3.8, 4) is 5.75 Å². The highest BCUT2D eigenvalue weighted by Crippen LogP contribution is 2.34. The SMILES string of the molecule is COc1ccc(Cl)cc1NC(=S)N(Cc1ccccc1)C1CC(C)(C)NC(C)(C)C1. The Hall–Kier alpha value is -1.82. The van der Waals surface area contributed by atoms with E-state index in [2.05, 4.69) is 67.5 Å².